The Morgan fingerprint density at radius 2 is 1.79 bits per heavy atom. The Hall–Kier alpha value is -3.91. The highest BCUT2D eigenvalue weighted by Crippen LogP contribution is 2.27. The van der Waals surface area contributed by atoms with Gasteiger partial charge in [0.05, 0.1) is 7.11 Å². The number of carbonyl (C=O) groups excluding carboxylic acids is 2. The van der Waals surface area contributed by atoms with Crippen molar-refractivity contribution in [3.05, 3.63) is 83.6 Å². The lowest BCUT2D eigenvalue weighted by Crippen LogP contribution is -2.54. The van der Waals surface area contributed by atoms with Crippen LogP contribution in [0.15, 0.2) is 60.8 Å². The standard InChI is InChI=1S/C25H25F2N5O5S.H2S/c1-31(20-5-7-21(37-2)8-6-20)24(33)22(14-16-12-18(26)15-19(27)13-16)29-25(34)30-38(35,36)32-11-9-17-4-3-10-28-23(17)32;/h3-8,10,12-13,15,22H,9,11,14H2,1-2H3,(H2,29,30,34);1H2/t22-;/m0./s1. The van der Waals surface area contributed by atoms with E-state index in [1.54, 1.807) is 36.4 Å². The van der Waals surface area contributed by atoms with Crippen LogP contribution in [0.5, 0.6) is 5.75 Å². The van der Waals surface area contributed by atoms with Crippen LogP contribution in [0.25, 0.3) is 0 Å². The van der Waals surface area contributed by atoms with Gasteiger partial charge in [-0.2, -0.15) is 21.9 Å². The predicted molar refractivity (Wildman–Crippen MR) is 147 cm³/mol. The minimum Gasteiger partial charge on any atom is -0.497 e. The summed E-state index contributed by atoms with van der Waals surface area (Å²) in [7, 11) is -1.42. The van der Waals surface area contributed by atoms with Crippen LogP contribution in [0.1, 0.15) is 11.1 Å². The number of hydrogen-bond acceptors (Lipinski definition) is 6. The van der Waals surface area contributed by atoms with Crippen molar-refractivity contribution in [2.24, 2.45) is 0 Å². The maximum Gasteiger partial charge on any atom is 0.330 e. The minimum atomic E-state index is -4.36. The minimum absolute atomic E-state index is 0. The highest BCUT2D eigenvalue weighted by molar-refractivity contribution is 7.91. The molecule has 0 bridgehead atoms. The summed E-state index contributed by atoms with van der Waals surface area (Å²) in [5.74, 6) is -1.61. The molecule has 208 valence electrons. The van der Waals surface area contributed by atoms with Crippen molar-refractivity contribution in [1.29, 1.82) is 0 Å². The van der Waals surface area contributed by atoms with Crippen LogP contribution in [-0.4, -0.2) is 52.1 Å². The van der Waals surface area contributed by atoms with Crippen molar-refractivity contribution >= 4 is 47.1 Å². The number of halogens is 2. The molecule has 1 atom stereocenters. The number of nitrogens with one attached hydrogen (secondary N) is 2. The maximum absolute atomic E-state index is 13.8. The fourth-order valence-corrected chi connectivity index (χ4v) is 5.23. The molecule has 10 nitrogen and oxygen atoms in total. The molecule has 2 heterocycles. The first-order valence-electron chi connectivity index (χ1n) is 11.5. The van der Waals surface area contributed by atoms with Crippen LogP contribution in [0.2, 0.25) is 0 Å². The molecule has 14 heteroatoms. The summed E-state index contributed by atoms with van der Waals surface area (Å²) < 4.78 is 61.5. The Bertz CT molecular complexity index is 1440. The lowest BCUT2D eigenvalue weighted by atomic mass is 10.0. The molecule has 0 aliphatic carbocycles. The Kier molecular flexibility index (Phi) is 9.35. The Morgan fingerprint density at radius 3 is 2.44 bits per heavy atom. The van der Waals surface area contributed by atoms with Gasteiger partial charge in [0.1, 0.15) is 29.2 Å². The fourth-order valence-electron chi connectivity index (χ4n) is 4.10. The van der Waals surface area contributed by atoms with E-state index in [1.165, 1.54) is 25.3 Å². The normalized spacial score (nSPS) is 13.1. The van der Waals surface area contributed by atoms with E-state index in [1.807, 2.05) is 4.72 Å². The van der Waals surface area contributed by atoms with Crippen molar-refractivity contribution < 1.29 is 31.5 Å². The van der Waals surface area contributed by atoms with Gasteiger partial charge >= 0.3 is 16.2 Å². The van der Waals surface area contributed by atoms with Gasteiger partial charge in [0, 0.05) is 38.0 Å². The molecule has 3 aromatic rings. The summed E-state index contributed by atoms with van der Waals surface area (Å²) in [4.78, 5) is 31.5. The Morgan fingerprint density at radius 1 is 1.13 bits per heavy atom. The van der Waals surface area contributed by atoms with Gasteiger partial charge in [-0.1, -0.05) is 6.07 Å². The fraction of sp³-hybridized carbons (Fsp3) is 0.240. The Labute approximate surface area is 231 Å². The van der Waals surface area contributed by atoms with E-state index in [0.717, 1.165) is 16.4 Å². The number of ether oxygens (including phenoxy) is 1. The first-order chi connectivity index (χ1) is 18.1. The highest BCUT2D eigenvalue weighted by atomic mass is 32.2. The van der Waals surface area contributed by atoms with E-state index in [4.69, 9.17) is 4.74 Å². The van der Waals surface area contributed by atoms with Gasteiger partial charge in [-0.05, 0) is 60.0 Å². The molecule has 4 rings (SSSR count). The van der Waals surface area contributed by atoms with E-state index in [2.05, 4.69) is 10.3 Å². The molecule has 2 aromatic carbocycles. The molecule has 0 unspecified atom stereocenters. The molecule has 39 heavy (non-hydrogen) atoms. The number of likely N-dealkylation sites (N-methyl/N-ethyl adjacent to an activating group) is 1. The zero-order valence-corrected chi connectivity index (χ0v) is 22.8. The number of aromatic nitrogens is 1. The van der Waals surface area contributed by atoms with Gasteiger partial charge in [0.15, 0.2) is 0 Å². The van der Waals surface area contributed by atoms with Gasteiger partial charge < -0.3 is 15.0 Å². The number of nitrogens with zero attached hydrogens (tertiary/aromatic N) is 3. The lowest BCUT2D eigenvalue weighted by Gasteiger charge is -2.26. The third kappa shape index (κ3) is 6.95. The number of methoxy groups -OCH3 is 1. The highest BCUT2D eigenvalue weighted by Gasteiger charge is 2.33. The number of amides is 3. The van der Waals surface area contributed by atoms with Crippen LogP contribution >= 0.6 is 13.5 Å². The van der Waals surface area contributed by atoms with Crippen molar-refractivity contribution in [2.75, 3.05) is 29.9 Å². The first kappa shape index (κ1) is 29.6. The molecule has 2 N–H and O–H groups in total. The number of hydrogen-bond donors (Lipinski definition) is 2. The summed E-state index contributed by atoms with van der Waals surface area (Å²) in [5.41, 5.74) is 1.24. The monoisotopic (exact) mass is 579 g/mol. The number of rotatable bonds is 8. The molecule has 0 fully saturated rings. The van der Waals surface area contributed by atoms with Crippen LogP contribution in [0.3, 0.4) is 0 Å². The van der Waals surface area contributed by atoms with Crippen LogP contribution in [0, 0.1) is 11.6 Å². The number of benzene rings is 2. The van der Waals surface area contributed by atoms with Crippen LogP contribution < -0.4 is 24.0 Å². The summed E-state index contributed by atoms with van der Waals surface area (Å²) in [6.07, 6.45) is 1.55. The second-order valence-corrected chi connectivity index (χ2v) is 10.1. The maximum atomic E-state index is 13.8. The van der Waals surface area contributed by atoms with Crippen LogP contribution in [0.4, 0.5) is 25.1 Å². The van der Waals surface area contributed by atoms with Crippen LogP contribution in [-0.2, 0) is 27.8 Å². The average molecular weight is 580 g/mol. The third-order valence-electron chi connectivity index (χ3n) is 5.96. The summed E-state index contributed by atoms with van der Waals surface area (Å²) >= 11 is 0. The molecular formula is C25H27F2N5O5S2. The zero-order chi connectivity index (χ0) is 27.4. The molecule has 0 saturated heterocycles. The van der Waals surface area contributed by atoms with Gasteiger partial charge in [-0.3, -0.25) is 4.79 Å². The SMILES string of the molecule is COc1ccc(N(C)C(=O)[C@H](Cc2cc(F)cc(F)c2)NC(=O)NS(=O)(=O)N2CCc3cccnc32)cc1.S. The topological polar surface area (TPSA) is 121 Å². The van der Waals surface area contributed by atoms with Gasteiger partial charge in [0.2, 0.25) is 5.91 Å². The van der Waals surface area contributed by atoms with E-state index in [-0.39, 0.29) is 37.8 Å². The lowest BCUT2D eigenvalue weighted by molar-refractivity contribution is -0.120. The summed E-state index contributed by atoms with van der Waals surface area (Å²) in [6, 6.07) is 10.1. The number of carbonyl (C=O) groups is 2. The van der Waals surface area contributed by atoms with Crippen molar-refractivity contribution in [2.45, 2.75) is 18.9 Å². The van der Waals surface area contributed by atoms with Gasteiger partial charge in [-0.25, -0.2) is 27.6 Å². The van der Waals surface area contributed by atoms with E-state index in [0.29, 0.717) is 29.5 Å². The Balaban J connectivity index is 0.00000420. The molecule has 0 spiro atoms. The largest absolute Gasteiger partial charge is 0.497 e. The molecular weight excluding hydrogens is 552 g/mol. The number of pyridine rings is 1. The van der Waals surface area contributed by atoms with E-state index >= 15 is 0 Å². The molecule has 0 radical (unpaired) electrons. The average Bonchev–Trinajstić information content (AvgIpc) is 3.32. The first-order valence-corrected chi connectivity index (χ1v) is 12.9. The molecule has 0 saturated carbocycles. The molecule has 1 aliphatic rings. The second-order valence-electron chi connectivity index (χ2n) is 8.52. The molecule has 3 amide bonds. The zero-order valence-electron chi connectivity index (χ0n) is 21.0. The van der Waals surface area contributed by atoms with E-state index < -0.39 is 39.8 Å². The molecule has 1 aliphatic heterocycles. The summed E-state index contributed by atoms with van der Waals surface area (Å²) in [5, 5.41) is 2.34. The number of anilines is 2. The van der Waals surface area contributed by atoms with Gasteiger partial charge in [-0.15, -0.1) is 0 Å². The molecule has 1 aromatic heterocycles. The number of fused-ring (bicyclic) bond motifs is 1. The second kappa shape index (κ2) is 12.3. The van der Waals surface area contributed by atoms with Crippen molar-refractivity contribution in [3.8, 4) is 5.75 Å². The van der Waals surface area contributed by atoms with Gasteiger partial charge in [0.25, 0.3) is 0 Å². The smallest absolute Gasteiger partial charge is 0.330 e. The third-order valence-corrected chi connectivity index (χ3v) is 7.33. The quantitative estimate of drug-likeness (QED) is 0.424. The predicted octanol–water partition coefficient (Wildman–Crippen LogP) is 2.66. The van der Waals surface area contributed by atoms with Crippen molar-refractivity contribution in [1.82, 2.24) is 15.0 Å². The van der Waals surface area contributed by atoms with Crippen molar-refractivity contribution in [3.63, 3.8) is 0 Å². The number of urea groups is 1. The summed E-state index contributed by atoms with van der Waals surface area (Å²) in [6.45, 7) is 0.0834. The van der Waals surface area contributed by atoms with E-state index in [9.17, 15) is 26.8 Å².